The van der Waals surface area contributed by atoms with Crippen LogP contribution in [-0.2, 0) is 8.85 Å². The van der Waals surface area contributed by atoms with Gasteiger partial charge in [0.1, 0.15) is 0 Å². The van der Waals surface area contributed by atoms with Crippen LogP contribution >= 0.6 is 0 Å². The number of carbonyl (C=O) groups excluding carboxylic acids is 1. The minimum atomic E-state index is -2.89. The van der Waals surface area contributed by atoms with Gasteiger partial charge in [0, 0.05) is 22.3 Å². The Morgan fingerprint density at radius 3 is 2.29 bits per heavy atom. The SMILES string of the molecule is CC1(C)CCC(C)(C)O[Si](C)(c2ccccc2C(=O)Nc2cccc3cccnc23)O1. The van der Waals surface area contributed by atoms with Crippen molar-refractivity contribution >= 4 is 36.2 Å². The van der Waals surface area contributed by atoms with E-state index in [9.17, 15) is 4.79 Å². The molecule has 1 N–H and O–H groups in total. The summed E-state index contributed by atoms with van der Waals surface area (Å²) in [6.07, 6.45) is 3.54. The van der Waals surface area contributed by atoms with Gasteiger partial charge in [0.05, 0.1) is 22.4 Å². The Balaban J connectivity index is 1.73. The zero-order valence-corrected chi connectivity index (χ0v) is 19.9. The number of hydrogen-bond acceptors (Lipinski definition) is 4. The van der Waals surface area contributed by atoms with Crippen molar-refractivity contribution in [1.82, 2.24) is 4.98 Å². The number of anilines is 1. The summed E-state index contributed by atoms with van der Waals surface area (Å²) in [4.78, 5) is 17.9. The molecule has 1 aliphatic rings. The van der Waals surface area contributed by atoms with Gasteiger partial charge in [-0.1, -0.05) is 36.4 Å². The maximum Gasteiger partial charge on any atom is 0.370 e. The van der Waals surface area contributed by atoms with Crippen LogP contribution in [0, 0.1) is 0 Å². The fourth-order valence-corrected chi connectivity index (χ4v) is 8.02. The number of nitrogens with one attached hydrogen (secondary N) is 1. The van der Waals surface area contributed by atoms with Crippen molar-refractivity contribution in [1.29, 1.82) is 0 Å². The predicted molar refractivity (Wildman–Crippen MR) is 127 cm³/mol. The molecule has 162 valence electrons. The standard InChI is InChI=1S/C25H30N2O3Si/c1-24(2)15-16-25(3,4)30-31(5,29-24)21-14-7-6-12-19(21)23(28)27-20-13-8-10-18-11-9-17-26-22(18)20/h6-14,17H,15-16H2,1-5H3,(H,27,28). The molecule has 2 heterocycles. The van der Waals surface area contributed by atoms with Gasteiger partial charge in [-0.25, -0.2) is 0 Å². The molecule has 31 heavy (non-hydrogen) atoms. The molecule has 6 heteroatoms. The second-order valence-electron chi connectivity index (χ2n) is 9.55. The third-order valence-electron chi connectivity index (χ3n) is 5.81. The maximum atomic E-state index is 13.4. The van der Waals surface area contributed by atoms with E-state index in [1.165, 1.54) is 0 Å². The Morgan fingerprint density at radius 1 is 0.935 bits per heavy atom. The van der Waals surface area contributed by atoms with Gasteiger partial charge in [0.2, 0.25) is 0 Å². The summed E-state index contributed by atoms with van der Waals surface area (Å²) >= 11 is 0. The lowest BCUT2D eigenvalue weighted by molar-refractivity contribution is 0.0541. The summed E-state index contributed by atoms with van der Waals surface area (Å²) in [6, 6.07) is 17.3. The minimum absolute atomic E-state index is 0.186. The van der Waals surface area contributed by atoms with E-state index >= 15 is 0 Å². The lowest BCUT2D eigenvalue weighted by Crippen LogP contribution is -2.58. The van der Waals surface area contributed by atoms with Crippen molar-refractivity contribution in [3.05, 3.63) is 66.4 Å². The zero-order valence-electron chi connectivity index (χ0n) is 18.9. The molecule has 1 amide bonds. The van der Waals surface area contributed by atoms with Gasteiger partial charge in [-0.3, -0.25) is 9.78 Å². The van der Waals surface area contributed by atoms with Crippen LogP contribution in [0.1, 0.15) is 50.9 Å². The summed E-state index contributed by atoms with van der Waals surface area (Å²) in [5.41, 5.74) is 1.39. The molecule has 1 aromatic heterocycles. The average molecular weight is 435 g/mol. The second-order valence-corrected chi connectivity index (χ2v) is 12.4. The summed E-state index contributed by atoms with van der Waals surface area (Å²) in [7, 11) is -2.89. The van der Waals surface area contributed by atoms with Crippen LogP contribution in [-0.4, -0.2) is 30.7 Å². The third-order valence-corrected chi connectivity index (χ3v) is 9.11. The number of aromatic nitrogens is 1. The molecule has 4 rings (SSSR count). The minimum Gasteiger partial charge on any atom is -0.386 e. The van der Waals surface area contributed by atoms with Gasteiger partial charge >= 0.3 is 8.56 Å². The lowest BCUT2D eigenvalue weighted by atomic mass is 9.94. The molecule has 0 unspecified atom stereocenters. The Labute approximate surface area is 185 Å². The van der Waals surface area contributed by atoms with Gasteiger partial charge < -0.3 is 14.2 Å². The van der Waals surface area contributed by atoms with Crippen molar-refractivity contribution < 1.29 is 13.6 Å². The molecule has 1 fully saturated rings. The van der Waals surface area contributed by atoms with Gasteiger partial charge in [-0.05, 0) is 65.3 Å². The molecule has 3 aromatic rings. The number of para-hydroxylation sites is 1. The molecular weight excluding hydrogens is 404 g/mol. The van der Waals surface area contributed by atoms with Crippen molar-refractivity contribution in [2.75, 3.05) is 5.32 Å². The number of carbonyl (C=O) groups is 1. The molecule has 0 radical (unpaired) electrons. The van der Waals surface area contributed by atoms with Crippen LogP contribution in [0.3, 0.4) is 0 Å². The van der Waals surface area contributed by atoms with Crippen LogP contribution in [0.5, 0.6) is 0 Å². The highest BCUT2D eigenvalue weighted by Crippen LogP contribution is 2.35. The topological polar surface area (TPSA) is 60.5 Å². The van der Waals surface area contributed by atoms with E-state index in [0.29, 0.717) is 11.3 Å². The smallest absolute Gasteiger partial charge is 0.370 e. The van der Waals surface area contributed by atoms with Crippen LogP contribution < -0.4 is 10.5 Å². The van der Waals surface area contributed by atoms with E-state index in [1.54, 1.807) is 6.20 Å². The van der Waals surface area contributed by atoms with E-state index in [0.717, 1.165) is 28.9 Å². The normalized spacial score (nSPS) is 19.5. The van der Waals surface area contributed by atoms with Gasteiger partial charge in [-0.15, -0.1) is 0 Å². The first-order valence-electron chi connectivity index (χ1n) is 10.7. The van der Waals surface area contributed by atoms with Crippen molar-refractivity contribution in [2.24, 2.45) is 0 Å². The van der Waals surface area contributed by atoms with Gasteiger partial charge in [0.15, 0.2) is 0 Å². The zero-order chi connectivity index (χ0) is 22.3. The molecule has 2 aromatic carbocycles. The Kier molecular flexibility index (Phi) is 5.50. The van der Waals surface area contributed by atoms with Crippen molar-refractivity contribution in [2.45, 2.75) is 58.3 Å². The average Bonchev–Trinajstić information content (AvgIpc) is 2.80. The van der Waals surface area contributed by atoms with Gasteiger partial charge in [-0.2, -0.15) is 0 Å². The molecule has 1 aliphatic heterocycles. The molecule has 0 aliphatic carbocycles. The summed E-state index contributed by atoms with van der Waals surface area (Å²) in [5, 5.41) is 4.90. The number of amides is 1. The first-order valence-corrected chi connectivity index (χ1v) is 13.1. The fraction of sp³-hybridized carbons (Fsp3) is 0.360. The Hall–Kier alpha value is -2.54. The van der Waals surface area contributed by atoms with Crippen LogP contribution in [0.25, 0.3) is 10.9 Å². The highest BCUT2D eigenvalue weighted by atomic mass is 28.4. The molecule has 0 atom stereocenters. The number of pyridine rings is 1. The summed E-state index contributed by atoms with van der Waals surface area (Å²) < 4.78 is 13.3. The Bertz CT molecular complexity index is 1100. The van der Waals surface area contributed by atoms with E-state index in [-0.39, 0.29) is 17.1 Å². The number of hydrogen-bond donors (Lipinski definition) is 1. The number of nitrogens with zero attached hydrogens (tertiary/aromatic N) is 1. The lowest BCUT2D eigenvalue weighted by Gasteiger charge is -2.37. The predicted octanol–water partition coefficient (Wildman–Crippen LogP) is 5.15. The quantitative estimate of drug-likeness (QED) is 0.579. The third kappa shape index (κ3) is 4.56. The first-order chi connectivity index (χ1) is 14.6. The van der Waals surface area contributed by atoms with E-state index < -0.39 is 8.56 Å². The highest BCUT2D eigenvalue weighted by Gasteiger charge is 2.48. The fourth-order valence-electron chi connectivity index (χ4n) is 4.36. The number of benzene rings is 2. The molecule has 0 spiro atoms. The Morgan fingerprint density at radius 2 is 1.58 bits per heavy atom. The molecule has 1 saturated heterocycles. The highest BCUT2D eigenvalue weighted by molar-refractivity contribution is 6.81. The number of fused-ring (bicyclic) bond motifs is 1. The molecular formula is C25H30N2O3Si. The van der Waals surface area contributed by atoms with E-state index in [1.807, 2.05) is 61.1 Å². The van der Waals surface area contributed by atoms with Crippen LogP contribution in [0.2, 0.25) is 6.55 Å². The number of rotatable bonds is 3. The summed E-state index contributed by atoms with van der Waals surface area (Å²) in [6.45, 7) is 10.5. The van der Waals surface area contributed by atoms with E-state index in [2.05, 4.69) is 38.0 Å². The largest absolute Gasteiger partial charge is 0.386 e. The maximum absolute atomic E-state index is 13.4. The van der Waals surface area contributed by atoms with Gasteiger partial charge in [0.25, 0.3) is 5.91 Å². The molecule has 0 bridgehead atoms. The second kappa shape index (κ2) is 7.86. The van der Waals surface area contributed by atoms with Crippen molar-refractivity contribution in [3.8, 4) is 0 Å². The summed E-state index contributed by atoms with van der Waals surface area (Å²) in [5.74, 6) is -0.186. The monoisotopic (exact) mass is 434 g/mol. The van der Waals surface area contributed by atoms with E-state index in [4.69, 9.17) is 8.85 Å². The molecule has 0 saturated carbocycles. The molecule has 5 nitrogen and oxygen atoms in total. The van der Waals surface area contributed by atoms with Crippen LogP contribution in [0.15, 0.2) is 60.8 Å². The van der Waals surface area contributed by atoms with Crippen molar-refractivity contribution in [3.63, 3.8) is 0 Å². The van der Waals surface area contributed by atoms with Crippen LogP contribution in [0.4, 0.5) is 5.69 Å². The first kappa shape index (κ1) is 21.7.